The molecule has 43 heavy (non-hydrogen) atoms. The van der Waals surface area contributed by atoms with Crippen LogP contribution in [-0.2, 0) is 26.0 Å². The number of hydrogen-bond acceptors (Lipinski definition) is 3. The van der Waals surface area contributed by atoms with E-state index in [-0.39, 0.29) is 16.4 Å². The first-order valence-electron chi connectivity index (χ1n) is 13.9. The van der Waals surface area contributed by atoms with Gasteiger partial charge in [-0.1, -0.05) is 36.4 Å². The van der Waals surface area contributed by atoms with Gasteiger partial charge in [0.2, 0.25) is 0 Å². The van der Waals surface area contributed by atoms with Crippen LogP contribution in [0.15, 0.2) is 118 Å². The van der Waals surface area contributed by atoms with Crippen molar-refractivity contribution in [3.05, 3.63) is 132 Å². The van der Waals surface area contributed by atoms with Crippen molar-refractivity contribution in [1.82, 2.24) is 0 Å². The van der Waals surface area contributed by atoms with Crippen LogP contribution >= 0.6 is 0 Å². The Morgan fingerprint density at radius 1 is 0.651 bits per heavy atom. The number of esters is 1. The van der Waals surface area contributed by atoms with Crippen molar-refractivity contribution in [3.8, 4) is 5.75 Å². The van der Waals surface area contributed by atoms with E-state index in [1.165, 1.54) is 0 Å². The van der Waals surface area contributed by atoms with E-state index in [0.29, 0.717) is 10.6 Å². The van der Waals surface area contributed by atoms with E-state index in [9.17, 15) is 22.4 Å². The van der Waals surface area contributed by atoms with Crippen molar-refractivity contribution < 1.29 is 31.8 Å². The number of carbonyl (C=O) groups is 1. The average Bonchev–Trinajstić information content (AvgIpc) is 3.45. The molecule has 1 fully saturated rings. The van der Waals surface area contributed by atoms with Gasteiger partial charge in [-0.15, -0.1) is 0 Å². The molecule has 1 aliphatic carbocycles. The standard InChI is InChI=1S/C35H27F4O3S/c36-26-16-27(37)19-32(18-26)43(33-20-28(38)17-29(39)21-33)31-11-9-30(10-12-31)41-22-34(40)42-35(13-3-4-14-35)25-8-7-23-5-1-2-6-24(23)15-25/h1-2,5-12,15-21H,3-4,13-14,22H2/q+1. The topological polar surface area (TPSA) is 35.5 Å². The molecule has 3 nitrogen and oxygen atoms in total. The highest BCUT2D eigenvalue weighted by molar-refractivity contribution is 7.97. The normalized spacial score (nSPS) is 14.3. The average molecular weight is 604 g/mol. The first kappa shape index (κ1) is 28.8. The van der Waals surface area contributed by atoms with E-state index in [2.05, 4.69) is 6.07 Å². The van der Waals surface area contributed by atoms with Crippen LogP contribution in [0.2, 0.25) is 0 Å². The van der Waals surface area contributed by atoms with Gasteiger partial charge in [-0.3, -0.25) is 0 Å². The summed E-state index contributed by atoms with van der Waals surface area (Å²) in [6, 6.07) is 26.7. The number of fused-ring (bicyclic) bond motifs is 1. The lowest BCUT2D eigenvalue weighted by Crippen LogP contribution is -2.31. The summed E-state index contributed by atoms with van der Waals surface area (Å²) >= 11 is 0. The quantitative estimate of drug-likeness (QED) is 0.101. The van der Waals surface area contributed by atoms with E-state index < -0.39 is 45.7 Å². The molecule has 0 saturated heterocycles. The van der Waals surface area contributed by atoms with Gasteiger partial charge in [0.25, 0.3) is 0 Å². The second kappa shape index (κ2) is 12.1. The molecule has 8 heteroatoms. The molecule has 0 aliphatic heterocycles. The fourth-order valence-corrected chi connectivity index (χ4v) is 7.78. The molecule has 218 valence electrons. The van der Waals surface area contributed by atoms with E-state index in [4.69, 9.17) is 9.47 Å². The second-order valence-electron chi connectivity index (χ2n) is 10.5. The zero-order chi connectivity index (χ0) is 30.0. The van der Waals surface area contributed by atoms with Crippen LogP contribution in [0.5, 0.6) is 5.75 Å². The van der Waals surface area contributed by atoms with Gasteiger partial charge in [-0.2, -0.15) is 0 Å². The van der Waals surface area contributed by atoms with Crippen LogP contribution < -0.4 is 4.74 Å². The third-order valence-electron chi connectivity index (χ3n) is 7.56. The number of carbonyl (C=O) groups excluding carboxylic acids is 1. The molecule has 0 atom stereocenters. The van der Waals surface area contributed by atoms with Crippen LogP contribution in [0.3, 0.4) is 0 Å². The summed E-state index contributed by atoms with van der Waals surface area (Å²) in [6.07, 6.45) is 3.37. The summed E-state index contributed by atoms with van der Waals surface area (Å²) in [5, 5.41) is 2.20. The van der Waals surface area contributed by atoms with Gasteiger partial charge in [-0.05, 0) is 72.4 Å². The van der Waals surface area contributed by atoms with Gasteiger partial charge in [0.1, 0.15) is 34.6 Å². The van der Waals surface area contributed by atoms with E-state index in [1.807, 2.05) is 36.4 Å². The van der Waals surface area contributed by atoms with E-state index in [0.717, 1.165) is 78.4 Å². The minimum atomic E-state index is -1.22. The molecule has 0 amide bonds. The minimum Gasteiger partial charge on any atom is -0.482 e. The lowest BCUT2D eigenvalue weighted by atomic mass is 9.90. The maximum atomic E-state index is 14.1. The van der Waals surface area contributed by atoms with Crippen molar-refractivity contribution in [3.63, 3.8) is 0 Å². The number of halogens is 4. The highest BCUT2D eigenvalue weighted by Crippen LogP contribution is 2.43. The summed E-state index contributed by atoms with van der Waals surface area (Å²) in [4.78, 5) is 14.0. The number of rotatable bonds is 8. The summed E-state index contributed by atoms with van der Waals surface area (Å²) in [6.45, 7) is -0.315. The Labute approximate surface area is 249 Å². The van der Waals surface area contributed by atoms with Crippen LogP contribution in [0.25, 0.3) is 10.8 Å². The predicted molar refractivity (Wildman–Crippen MR) is 157 cm³/mol. The third kappa shape index (κ3) is 6.39. The third-order valence-corrected chi connectivity index (χ3v) is 9.71. The number of hydrogen-bond donors (Lipinski definition) is 0. The molecule has 0 heterocycles. The Bertz CT molecular complexity index is 1690. The Kier molecular flexibility index (Phi) is 8.13. The van der Waals surface area contributed by atoms with Crippen molar-refractivity contribution >= 4 is 27.6 Å². The van der Waals surface area contributed by atoms with Gasteiger partial charge in [0, 0.05) is 36.4 Å². The van der Waals surface area contributed by atoms with Crippen molar-refractivity contribution in [1.29, 1.82) is 0 Å². The lowest BCUT2D eigenvalue weighted by molar-refractivity contribution is -0.163. The molecule has 0 radical (unpaired) electrons. The Morgan fingerprint density at radius 2 is 1.21 bits per heavy atom. The molecule has 1 saturated carbocycles. The van der Waals surface area contributed by atoms with Gasteiger partial charge in [-0.25, -0.2) is 22.4 Å². The monoisotopic (exact) mass is 603 g/mol. The molecule has 5 aromatic rings. The van der Waals surface area contributed by atoms with Crippen LogP contribution in [0.4, 0.5) is 17.6 Å². The van der Waals surface area contributed by atoms with Crippen LogP contribution in [-0.4, -0.2) is 12.6 Å². The van der Waals surface area contributed by atoms with Gasteiger partial charge in [0.05, 0.1) is 10.9 Å². The van der Waals surface area contributed by atoms with E-state index >= 15 is 0 Å². The van der Waals surface area contributed by atoms with E-state index in [1.54, 1.807) is 24.3 Å². The van der Waals surface area contributed by atoms with Gasteiger partial charge < -0.3 is 9.47 Å². The molecule has 0 spiro atoms. The molecule has 0 unspecified atom stereocenters. The van der Waals surface area contributed by atoms with Crippen molar-refractivity contribution in [2.45, 2.75) is 46.0 Å². The van der Waals surface area contributed by atoms with Gasteiger partial charge in [0.15, 0.2) is 21.3 Å². The largest absolute Gasteiger partial charge is 0.482 e. The Hall–Kier alpha value is -4.30. The fourth-order valence-electron chi connectivity index (χ4n) is 5.63. The highest BCUT2D eigenvalue weighted by atomic mass is 32.2. The molecule has 0 N–H and O–H groups in total. The van der Waals surface area contributed by atoms with Crippen LogP contribution in [0.1, 0.15) is 31.2 Å². The summed E-state index contributed by atoms with van der Waals surface area (Å²) in [5.41, 5.74) is 0.263. The molecular formula is C35H27F4O3S+. The second-order valence-corrected chi connectivity index (χ2v) is 12.5. The molecule has 0 aromatic heterocycles. The number of benzene rings is 5. The summed E-state index contributed by atoms with van der Waals surface area (Å²) in [7, 11) is -1.22. The first-order chi connectivity index (χ1) is 20.8. The lowest BCUT2D eigenvalue weighted by Gasteiger charge is -2.30. The number of ether oxygens (including phenoxy) is 2. The van der Waals surface area contributed by atoms with Gasteiger partial charge >= 0.3 is 5.97 Å². The van der Waals surface area contributed by atoms with Crippen molar-refractivity contribution in [2.24, 2.45) is 0 Å². The Balaban J connectivity index is 1.19. The van der Waals surface area contributed by atoms with Crippen molar-refractivity contribution in [2.75, 3.05) is 6.61 Å². The summed E-state index contributed by atoms with van der Waals surface area (Å²) in [5.74, 6) is -3.33. The molecule has 6 rings (SSSR count). The minimum absolute atomic E-state index is 0.218. The maximum Gasteiger partial charge on any atom is 0.345 e. The fraction of sp³-hybridized carbons (Fsp3) is 0.171. The Morgan fingerprint density at radius 3 is 1.79 bits per heavy atom. The maximum absolute atomic E-state index is 14.1. The van der Waals surface area contributed by atoms with Crippen LogP contribution in [0, 0.1) is 23.3 Å². The zero-order valence-corrected chi connectivity index (χ0v) is 23.8. The smallest absolute Gasteiger partial charge is 0.345 e. The summed E-state index contributed by atoms with van der Waals surface area (Å²) < 4.78 is 68.3. The molecule has 0 bridgehead atoms. The zero-order valence-electron chi connectivity index (χ0n) is 23.0. The highest BCUT2D eigenvalue weighted by Gasteiger charge is 2.40. The SMILES string of the molecule is O=C(COc1ccc([S+](c2cc(F)cc(F)c2)c2cc(F)cc(F)c2)cc1)OC1(c2ccc3ccccc3c2)CCCC1. The first-order valence-corrected chi connectivity index (χ1v) is 15.1. The molecular weight excluding hydrogens is 576 g/mol. The molecule has 5 aromatic carbocycles. The predicted octanol–water partition coefficient (Wildman–Crippen LogP) is 8.88. The molecule has 1 aliphatic rings.